The van der Waals surface area contributed by atoms with Crippen molar-refractivity contribution in [2.24, 2.45) is 0 Å². The van der Waals surface area contributed by atoms with Crippen LogP contribution in [0.15, 0.2) is 0 Å². The second-order valence-corrected chi connectivity index (χ2v) is 2.76. The van der Waals surface area contributed by atoms with Gasteiger partial charge >= 0.3 is 5.97 Å². The third-order valence-corrected chi connectivity index (χ3v) is 1.83. The summed E-state index contributed by atoms with van der Waals surface area (Å²) in [6.45, 7) is 0. The summed E-state index contributed by atoms with van der Waals surface area (Å²) in [6, 6.07) is 0. The monoisotopic (exact) mass is 194 g/mol. The Bertz CT molecular complexity index is 205. The van der Waals surface area contributed by atoms with Crippen LogP contribution >= 0.6 is 0 Å². The molecular formula is C6H10O7. The SMILES string of the molecule is O=C(O)[C@H]1O[C@@H](O)C(O)[C@@H](O)C1O. The van der Waals surface area contributed by atoms with Gasteiger partial charge in [-0.1, -0.05) is 0 Å². The van der Waals surface area contributed by atoms with Gasteiger partial charge in [0, 0.05) is 0 Å². The van der Waals surface area contributed by atoms with Gasteiger partial charge in [-0.3, -0.25) is 0 Å². The molecule has 1 rings (SSSR count). The number of aliphatic hydroxyl groups is 4. The lowest BCUT2D eigenvalue weighted by Crippen LogP contribution is -2.59. The van der Waals surface area contributed by atoms with Crippen molar-refractivity contribution in [3.8, 4) is 0 Å². The Hall–Kier alpha value is -0.730. The van der Waals surface area contributed by atoms with Gasteiger partial charge in [0.15, 0.2) is 12.4 Å². The molecule has 1 saturated heterocycles. The van der Waals surface area contributed by atoms with Crippen molar-refractivity contribution in [1.29, 1.82) is 0 Å². The number of ether oxygens (including phenoxy) is 1. The summed E-state index contributed by atoms with van der Waals surface area (Å²) >= 11 is 0. The van der Waals surface area contributed by atoms with E-state index in [-0.39, 0.29) is 0 Å². The number of hydrogen-bond acceptors (Lipinski definition) is 6. The van der Waals surface area contributed by atoms with E-state index in [2.05, 4.69) is 4.74 Å². The summed E-state index contributed by atoms with van der Waals surface area (Å²) in [7, 11) is 0. The van der Waals surface area contributed by atoms with Crippen LogP contribution in [0.3, 0.4) is 0 Å². The zero-order valence-corrected chi connectivity index (χ0v) is 6.44. The molecule has 13 heavy (non-hydrogen) atoms. The average molecular weight is 194 g/mol. The van der Waals surface area contributed by atoms with Crippen LogP contribution in [-0.4, -0.2) is 62.2 Å². The molecule has 1 aliphatic rings. The maximum Gasteiger partial charge on any atom is 0.335 e. The molecule has 0 saturated carbocycles. The fourth-order valence-electron chi connectivity index (χ4n) is 1.07. The highest BCUT2D eigenvalue weighted by molar-refractivity contribution is 5.73. The van der Waals surface area contributed by atoms with Crippen molar-refractivity contribution in [3.63, 3.8) is 0 Å². The lowest BCUT2D eigenvalue weighted by molar-refractivity contribution is -0.279. The van der Waals surface area contributed by atoms with E-state index < -0.39 is 36.7 Å². The first-order chi connectivity index (χ1) is 5.95. The molecule has 0 aromatic heterocycles. The van der Waals surface area contributed by atoms with Crippen LogP contribution in [0.1, 0.15) is 0 Å². The summed E-state index contributed by atoms with van der Waals surface area (Å²) in [5.41, 5.74) is 0. The fraction of sp³-hybridized carbons (Fsp3) is 0.833. The van der Waals surface area contributed by atoms with Gasteiger partial charge in [0.25, 0.3) is 0 Å². The standard InChI is InChI=1S/C6H10O7/c7-1-2(8)4(5(10)11)13-6(12)3(1)9/h1-4,6-9,12H,(H,10,11)/t1-,2?,3?,4-,6+/m0/s1. The predicted molar refractivity (Wildman–Crippen MR) is 36.5 cm³/mol. The van der Waals surface area contributed by atoms with Crippen LogP contribution < -0.4 is 0 Å². The Balaban J connectivity index is 2.76. The minimum absolute atomic E-state index is 1.52. The van der Waals surface area contributed by atoms with Crippen LogP contribution in [0.25, 0.3) is 0 Å². The Morgan fingerprint density at radius 1 is 1.00 bits per heavy atom. The van der Waals surface area contributed by atoms with E-state index in [9.17, 15) is 4.79 Å². The molecule has 0 spiro atoms. The van der Waals surface area contributed by atoms with Crippen LogP contribution in [0, 0.1) is 0 Å². The highest BCUT2D eigenvalue weighted by Crippen LogP contribution is 2.19. The molecule has 7 nitrogen and oxygen atoms in total. The number of aliphatic carboxylic acids is 1. The molecule has 0 radical (unpaired) electrons. The smallest absolute Gasteiger partial charge is 0.335 e. The summed E-state index contributed by atoms with van der Waals surface area (Å²) < 4.78 is 4.34. The third-order valence-electron chi connectivity index (χ3n) is 1.83. The van der Waals surface area contributed by atoms with Crippen molar-refractivity contribution in [3.05, 3.63) is 0 Å². The Morgan fingerprint density at radius 3 is 2.00 bits per heavy atom. The zero-order chi connectivity index (χ0) is 10.2. The fourth-order valence-corrected chi connectivity index (χ4v) is 1.07. The Labute approximate surface area is 72.8 Å². The van der Waals surface area contributed by atoms with Gasteiger partial charge in [0.05, 0.1) is 0 Å². The summed E-state index contributed by atoms with van der Waals surface area (Å²) in [6.07, 6.45) is -8.72. The van der Waals surface area contributed by atoms with Crippen molar-refractivity contribution < 1.29 is 35.1 Å². The highest BCUT2D eigenvalue weighted by atomic mass is 16.6. The van der Waals surface area contributed by atoms with Crippen molar-refractivity contribution in [1.82, 2.24) is 0 Å². The van der Waals surface area contributed by atoms with E-state index in [1.54, 1.807) is 0 Å². The van der Waals surface area contributed by atoms with Gasteiger partial charge in [-0.05, 0) is 0 Å². The number of carboxylic acids is 1. The molecule has 0 aromatic rings. The second kappa shape index (κ2) is 3.56. The number of hydrogen-bond donors (Lipinski definition) is 5. The van der Waals surface area contributed by atoms with Gasteiger partial charge in [-0.15, -0.1) is 0 Å². The lowest BCUT2D eigenvalue weighted by Gasteiger charge is -2.36. The van der Waals surface area contributed by atoms with Crippen LogP contribution in [0.5, 0.6) is 0 Å². The Morgan fingerprint density at radius 2 is 1.54 bits per heavy atom. The predicted octanol–water partition coefficient (Wildman–Crippen LogP) is -3.13. The molecular weight excluding hydrogens is 184 g/mol. The van der Waals surface area contributed by atoms with Crippen LogP contribution in [-0.2, 0) is 9.53 Å². The molecule has 2 unspecified atom stereocenters. The molecule has 7 heteroatoms. The maximum atomic E-state index is 10.4. The second-order valence-electron chi connectivity index (χ2n) is 2.76. The molecule has 0 aliphatic carbocycles. The van der Waals surface area contributed by atoms with E-state index in [1.807, 2.05) is 0 Å². The molecule has 1 aliphatic heterocycles. The number of carbonyl (C=O) groups is 1. The van der Waals surface area contributed by atoms with Gasteiger partial charge in [0.1, 0.15) is 18.3 Å². The highest BCUT2D eigenvalue weighted by Gasteiger charge is 2.46. The molecule has 5 N–H and O–H groups in total. The first kappa shape index (κ1) is 10.4. The molecule has 0 amide bonds. The number of aliphatic hydroxyl groups excluding tert-OH is 4. The van der Waals surface area contributed by atoms with Crippen molar-refractivity contribution in [2.45, 2.75) is 30.7 Å². The van der Waals surface area contributed by atoms with Crippen LogP contribution in [0.2, 0.25) is 0 Å². The quantitative estimate of drug-likeness (QED) is 0.298. The third kappa shape index (κ3) is 1.79. The van der Waals surface area contributed by atoms with Gasteiger partial charge in [-0.2, -0.15) is 0 Å². The molecule has 0 aromatic carbocycles. The molecule has 1 fully saturated rings. The topological polar surface area (TPSA) is 127 Å². The average Bonchev–Trinajstić information content (AvgIpc) is 2.07. The minimum atomic E-state index is -1.81. The van der Waals surface area contributed by atoms with Gasteiger partial charge in [0.2, 0.25) is 0 Å². The number of rotatable bonds is 1. The summed E-state index contributed by atoms with van der Waals surface area (Å²) in [4.78, 5) is 10.4. The molecule has 5 atom stereocenters. The van der Waals surface area contributed by atoms with Crippen LogP contribution in [0.4, 0.5) is 0 Å². The molecule has 1 heterocycles. The first-order valence-electron chi connectivity index (χ1n) is 3.55. The van der Waals surface area contributed by atoms with Crippen molar-refractivity contribution >= 4 is 5.97 Å². The van der Waals surface area contributed by atoms with E-state index in [0.717, 1.165) is 0 Å². The van der Waals surface area contributed by atoms with E-state index in [0.29, 0.717) is 0 Å². The largest absolute Gasteiger partial charge is 0.479 e. The summed E-state index contributed by atoms with van der Waals surface area (Å²) in [5, 5.41) is 44.4. The lowest BCUT2D eigenvalue weighted by atomic mass is 9.99. The number of carboxylic acid groups (broad SMARTS) is 1. The van der Waals surface area contributed by atoms with E-state index >= 15 is 0 Å². The minimum Gasteiger partial charge on any atom is -0.479 e. The van der Waals surface area contributed by atoms with E-state index in [4.69, 9.17) is 25.5 Å². The Kier molecular flexibility index (Phi) is 2.84. The molecule has 76 valence electrons. The zero-order valence-electron chi connectivity index (χ0n) is 6.44. The molecule has 0 bridgehead atoms. The summed E-state index contributed by atoms with van der Waals surface area (Å²) in [5.74, 6) is -1.52. The van der Waals surface area contributed by atoms with Crippen molar-refractivity contribution in [2.75, 3.05) is 0 Å². The maximum absolute atomic E-state index is 10.4. The van der Waals surface area contributed by atoms with Gasteiger partial charge < -0.3 is 30.3 Å². The van der Waals surface area contributed by atoms with Gasteiger partial charge in [-0.25, -0.2) is 4.79 Å². The normalized spacial score (nSPS) is 46.0. The first-order valence-corrected chi connectivity index (χ1v) is 3.55. The van der Waals surface area contributed by atoms with E-state index in [1.165, 1.54) is 0 Å².